The van der Waals surface area contributed by atoms with Crippen molar-refractivity contribution in [1.29, 1.82) is 10.7 Å². The largest absolute Gasteiger partial charge is 0.490 e. The van der Waals surface area contributed by atoms with E-state index in [9.17, 15) is 20.2 Å². The fourth-order valence-corrected chi connectivity index (χ4v) is 1.44. The molecule has 1 rings (SSSR count). The van der Waals surface area contributed by atoms with Gasteiger partial charge in [-0.25, -0.2) is 0 Å². The van der Waals surface area contributed by atoms with E-state index in [0.29, 0.717) is 0 Å². The van der Waals surface area contributed by atoms with Crippen LogP contribution in [0.4, 0.5) is 17.1 Å². The van der Waals surface area contributed by atoms with E-state index in [4.69, 9.17) is 21.1 Å². The molecule has 0 amide bonds. The average molecular weight is 307 g/mol. The van der Waals surface area contributed by atoms with Gasteiger partial charge in [-0.05, 0) is 12.1 Å². The zero-order valence-electron chi connectivity index (χ0n) is 11.1. The molecule has 1 aromatic carbocycles. The molecule has 114 valence electrons. The number of nitrogens with two attached hydrogens (primary N) is 1. The SMILES string of the molecule is COc1ccc(N/N=C(\C#N)C(=N)N)c([N+](=O)[O-])c1[N+](=O)[O-]. The fraction of sp³-hybridized carbons (Fsp3) is 0.100. The van der Waals surface area contributed by atoms with Crippen molar-refractivity contribution in [3.05, 3.63) is 32.4 Å². The first-order chi connectivity index (χ1) is 10.3. The summed E-state index contributed by atoms with van der Waals surface area (Å²) in [6.45, 7) is 0. The first kappa shape index (κ1) is 16.3. The summed E-state index contributed by atoms with van der Waals surface area (Å²) >= 11 is 0. The second kappa shape index (κ2) is 6.61. The molecule has 0 aliphatic heterocycles. The Morgan fingerprint density at radius 2 is 2.00 bits per heavy atom. The number of ether oxygens (including phenoxy) is 1. The van der Waals surface area contributed by atoms with Crippen LogP contribution < -0.4 is 15.9 Å². The molecule has 12 nitrogen and oxygen atoms in total. The number of hydrazone groups is 1. The second-order valence-electron chi connectivity index (χ2n) is 3.62. The third kappa shape index (κ3) is 3.22. The minimum atomic E-state index is -0.988. The molecule has 0 bridgehead atoms. The number of anilines is 1. The Morgan fingerprint density at radius 3 is 2.41 bits per heavy atom. The summed E-state index contributed by atoms with van der Waals surface area (Å²) in [6.07, 6.45) is 0. The molecule has 1 aromatic rings. The first-order valence-corrected chi connectivity index (χ1v) is 5.41. The Hall–Kier alpha value is -3.75. The van der Waals surface area contributed by atoms with Gasteiger partial charge in [-0.15, -0.1) is 0 Å². The number of hydrogen-bond acceptors (Lipinski definition) is 9. The average Bonchev–Trinajstić information content (AvgIpc) is 2.46. The van der Waals surface area contributed by atoms with Crippen molar-refractivity contribution in [2.24, 2.45) is 10.8 Å². The van der Waals surface area contributed by atoms with Crippen LogP contribution in [0.3, 0.4) is 0 Å². The molecule has 0 aliphatic rings. The van der Waals surface area contributed by atoms with Gasteiger partial charge in [0.15, 0.2) is 5.84 Å². The van der Waals surface area contributed by atoms with Crippen LogP contribution >= 0.6 is 0 Å². The second-order valence-corrected chi connectivity index (χ2v) is 3.62. The number of nitro groups is 2. The number of methoxy groups -OCH3 is 1. The third-order valence-corrected chi connectivity index (χ3v) is 2.35. The van der Waals surface area contributed by atoms with Gasteiger partial charge >= 0.3 is 11.4 Å². The lowest BCUT2D eigenvalue weighted by Crippen LogP contribution is -2.22. The van der Waals surface area contributed by atoms with Crippen LogP contribution in [0.1, 0.15) is 0 Å². The molecule has 0 saturated carbocycles. The van der Waals surface area contributed by atoms with Crippen LogP contribution in [0.15, 0.2) is 17.2 Å². The topological polar surface area (TPSA) is 194 Å². The molecule has 0 heterocycles. The first-order valence-electron chi connectivity index (χ1n) is 5.41. The van der Waals surface area contributed by atoms with E-state index in [-0.39, 0.29) is 11.4 Å². The Balaban J connectivity index is 3.47. The quantitative estimate of drug-likeness (QED) is 0.296. The van der Waals surface area contributed by atoms with E-state index in [1.807, 2.05) is 0 Å². The van der Waals surface area contributed by atoms with E-state index < -0.39 is 32.8 Å². The van der Waals surface area contributed by atoms with Crippen LogP contribution in [-0.4, -0.2) is 28.5 Å². The number of nitrogens with one attached hydrogen (secondary N) is 2. The Bertz CT molecular complexity index is 721. The number of rotatable bonds is 6. The standard InChI is InChI=1S/C10H9N7O5/c1-22-7-3-2-5(14-15-6(4-11)10(12)13)8(16(18)19)9(7)17(20)21/h2-3,14H,1H3,(H3,12,13)/b15-6+. The molecule has 0 aliphatic carbocycles. The summed E-state index contributed by atoms with van der Waals surface area (Å²) in [5.74, 6) is -0.973. The third-order valence-electron chi connectivity index (χ3n) is 2.35. The van der Waals surface area contributed by atoms with E-state index in [0.717, 1.165) is 19.2 Å². The molecular weight excluding hydrogens is 298 g/mol. The number of nitrogens with zero attached hydrogens (tertiary/aromatic N) is 4. The molecule has 22 heavy (non-hydrogen) atoms. The van der Waals surface area contributed by atoms with Crippen molar-refractivity contribution >= 4 is 28.6 Å². The maximum atomic E-state index is 11.1. The molecule has 0 aromatic heterocycles. The molecular formula is C10H9N7O5. The number of amidine groups is 1. The van der Waals surface area contributed by atoms with Gasteiger partial charge in [0.2, 0.25) is 11.5 Å². The number of hydrogen-bond donors (Lipinski definition) is 3. The Labute approximate surface area is 122 Å². The minimum Gasteiger partial charge on any atom is -0.490 e. The van der Waals surface area contributed by atoms with Crippen LogP contribution in [0.25, 0.3) is 0 Å². The maximum absolute atomic E-state index is 11.1. The molecule has 4 N–H and O–H groups in total. The minimum absolute atomic E-state index is 0.307. The highest BCUT2D eigenvalue weighted by atomic mass is 16.6. The van der Waals surface area contributed by atoms with E-state index in [1.54, 1.807) is 0 Å². The highest BCUT2D eigenvalue weighted by molar-refractivity contribution is 6.45. The molecule has 0 unspecified atom stereocenters. The molecule has 0 fully saturated rings. The number of benzene rings is 1. The maximum Gasteiger partial charge on any atom is 0.389 e. The lowest BCUT2D eigenvalue weighted by atomic mass is 10.2. The van der Waals surface area contributed by atoms with Gasteiger partial charge in [0, 0.05) is 0 Å². The molecule has 0 saturated heterocycles. The van der Waals surface area contributed by atoms with Gasteiger partial charge in [-0.3, -0.25) is 31.1 Å². The molecule has 12 heteroatoms. The lowest BCUT2D eigenvalue weighted by Gasteiger charge is -2.06. The monoisotopic (exact) mass is 307 g/mol. The van der Waals surface area contributed by atoms with Gasteiger partial charge in [0.1, 0.15) is 11.8 Å². The molecule has 0 spiro atoms. The normalized spacial score (nSPS) is 10.5. The van der Waals surface area contributed by atoms with Gasteiger partial charge in [-0.2, -0.15) is 10.4 Å². The van der Waals surface area contributed by atoms with Crippen LogP contribution in [0, 0.1) is 37.0 Å². The molecule has 0 atom stereocenters. The summed E-state index contributed by atoms with van der Waals surface area (Å²) in [4.78, 5) is 20.1. The van der Waals surface area contributed by atoms with Gasteiger partial charge < -0.3 is 10.5 Å². The van der Waals surface area contributed by atoms with Crippen molar-refractivity contribution in [3.63, 3.8) is 0 Å². The number of nitro benzene ring substituents is 2. The van der Waals surface area contributed by atoms with Crippen LogP contribution in [-0.2, 0) is 0 Å². The predicted molar refractivity (Wildman–Crippen MR) is 74.9 cm³/mol. The summed E-state index contributed by atoms with van der Waals surface area (Å²) in [5.41, 5.74) is 4.53. The van der Waals surface area contributed by atoms with E-state index in [2.05, 4.69) is 10.5 Å². The van der Waals surface area contributed by atoms with Crippen molar-refractivity contribution in [2.75, 3.05) is 12.5 Å². The zero-order chi connectivity index (χ0) is 16.9. The van der Waals surface area contributed by atoms with E-state index in [1.165, 1.54) is 6.07 Å². The van der Waals surface area contributed by atoms with Crippen molar-refractivity contribution in [3.8, 4) is 11.8 Å². The summed E-state index contributed by atoms with van der Waals surface area (Å²) in [5, 5.41) is 41.2. The van der Waals surface area contributed by atoms with Gasteiger partial charge in [0.05, 0.1) is 17.0 Å². The van der Waals surface area contributed by atoms with Crippen molar-refractivity contribution in [1.82, 2.24) is 0 Å². The Kier molecular flexibility index (Phi) is 4.90. The zero-order valence-corrected chi connectivity index (χ0v) is 11.1. The van der Waals surface area contributed by atoms with E-state index >= 15 is 0 Å². The van der Waals surface area contributed by atoms with Crippen LogP contribution in [0.5, 0.6) is 5.75 Å². The highest BCUT2D eigenvalue weighted by Gasteiger charge is 2.33. The fourth-order valence-electron chi connectivity index (χ4n) is 1.44. The highest BCUT2D eigenvalue weighted by Crippen LogP contribution is 2.41. The summed E-state index contributed by atoms with van der Waals surface area (Å²) in [6, 6.07) is 3.73. The van der Waals surface area contributed by atoms with Gasteiger partial charge in [0.25, 0.3) is 0 Å². The van der Waals surface area contributed by atoms with Crippen molar-refractivity contribution < 1.29 is 14.6 Å². The van der Waals surface area contributed by atoms with Crippen LogP contribution in [0.2, 0.25) is 0 Å². The molecule has 0 radical (unpaired) electrons. The Morgan fingerprint density at radius 1 is 1.41 bits per heavy atom. The summed E-state index contributed by atoms with van der Waals surface area (Å²) in [7, 11) is 1.13. The lowest BCUT2D eigenvalue weighted by molar-refractivity contribution is -0.422. The number of nitriles is 1. The van der Waals surface area contributed by atoms with Gasteiger partial charge in [-0.1, -0.05) is 0 Å². The smallest absolute Gasteiger partial charge is 0.389 e. The summed E-state index contributed by atoms with van der Waals surface area (Å²) < 4.78 is 4.72. The predicted octanol–water partition coefficient (Wildman–Crippen LogP) is 0.739. The van der Waals surface area contributed by atoms with Crippen molar-refractivity contribution in [2.45, 2.75) is 0 Å².